The highest BCUT2D eigenvalue weighted by Crippen LogP contribution is 2.16. The molecular formula is C11H13ClO. The molecule has 0 heterocycles. The van der Waals surface area contributed by atoms with E-state index in [4.69, 9.17) is 11.6 Å². The van der Waals surface area contributed by atoms with Crippen molar-refractivity contribution in [3.05, 3.63) is 34.3 Å². The Labute approximate surface area is 83.7 Å². The van der Waals surface area contributed by atoms with Gasteiger partial charge in [0, 0.05) is 11.4 Å². The highest BCUT2D eigenvalue weighted by Gasteiger charge is 2.00. The maximum absolute atomic E-state index is 10.8. The van der Waals surface area contributed by atoms with E-state index >= 15 is 0 Å². The third kappa shape index (κ3) is 3.19. The van der Waals surface area contributed by atoms with E-state index in [9.17, 15) is 4.79 Å². The fourth-order valence-corrected chi connectivity index (χ4v) is 1.48. The van der Waals surface area contributed by atoms with E-state index in [2.05, 4.69) is 0 Å². The van der Waals surface area contributed by atoms with Gasteiger partial charge in [-0.1, -0.05) is 17.7 Å². The van der Waals surface area contributed by atoms with Crippen molar-refractivity contribution in [3.8, 4) is 0 Å². The molecule has 0 aliphatic carbocycles. The van der Waals surface area contributed by atoms with Crippen molar-refractivity contribution in [2.24, 2.45) is 0 Å². The molecule has 1 aromatic rings. The third-order valence-electron chi connectivity index (χ3n) is 2.05. The molecule has 0 saturated carbocycles. The van der Waals surface area contributed by atoms with Gasteiger partial charge in [-0.25, -0.2) is 0 Å². The van der Waals surface area contributed by atoms with Crippen molar-refractivity contribution in [2.75, 3.05) is 0 Å². The van der Waals surface area contributed by atoms with Crippen molar-refractivity contribution in [1.29, 1.82) is 0 Å². The van der Waals surface area contributed by atoms with Crippen molar-refractivity contribution in [2.45, 2.75) is 26.7 Å². The normalized spacial score (nSPS) is 10.1. The summed E-state index contributed by atoms with van der Waals surface area (Å²) in [6, 6.07) is 5.78. The highest BCUT2D eigenvalue weighted by molar-refractivity contribution is 6.30. The monoisotopic (exact) mass is 196 g/mol. The third-order valence-corrected chi connectivity index (χ3v) is 2.29. The molecule has 0 bridgehead atoms. The Hall–Kier alpha value is -0.820. The van der Waals surface area contributed by atoms with Gasteiger partial charge in [-0.15, -0.1) is 0 Å². The van der Waals surface area contributed by atoms with Crippen LogP contribution >= 0.6 is 11.6 Å². The average Bonchev–Trinajstić information content (AvgIpc) is 2.02. The lowest BCUT2D eigenvalue weighted by Gasteiger charge is -2.04. The summed E-state index contributed by atoms with van der Waals surface area (Å²) >= 11 is 5.81. The lowest BCUT2D eigenvalue weighted by Crippen LogP contribution is -1.95. The maximum atomic E-state index is 10.8. The van der Waals surface area contributed by atoms with Gasteiger partial charge in [0.1, 0.15) is 5.78 Å². The number of hydrogen-bond acceptors (Lipinski definition) is 1. The fraction of sp³-hybridized carbons (Fsp3) is 0.364. The van der Waals surface area contributed by atoms with E-state index in [1.54, 1.807) is 6.92 Å². The number of Topliss-reactive ketones (excluding diaryl/α,β-unsaturated/α-hetero) is 1. The summed E-state index contributed by atoms with van der Waals surface area (Å²) in [5.41, 5.74) is 2.37. The molecule has 0 N–H and O–H groups in total. The van der Waals surface area contributed by atoms with E-state index in [1.807, 2.05) is 25.1 Å². The molecule has 1 rings (SSSR count). The van der Waals surface area contributed by atoms with E-state index in [-0.39, 0.29) is 5.78 Å². The molecule has 2 heteroatoms. The first-order valence-electron chi connectivity index (χ1n) is 4.34. The van der Waals surface area contributed by atoms with E-state index in [0.717, 1.165) is 17.0 Å². The Kier molecular flexibility index (Phi) is 3.49. The minimum absolute atomic E-state index is 0.231. The zero-order valence-corrected chi connectivity index (χ0v) is 8.69. The molecule has 0 aliphatic heterocycles. The zero-order chi connectivity index (χ0) is 9.84. The quantitative estimate of drug-likeness (QED) is 0.726. The second kappa shape index (κ2) is 4.43. The van der Waals surface area contributed by atoms with Gasteiger partial charge < -0.3 is 4.79 Å². The molecule has 0 spiro atoms. The molecule has 0 aromatic heterocycles. The van der Waals surface area contributed by atoms with Gasteiger partial charge in [-0.05, 0) is 43.5 Å². The molecule has 70 valence electrons. The first kappa shape index (κ1) is 10.3. The Morgan fingerprint density at radius 3 is 2.69 bits per heavy atom. The van der Waals surface area contributed by atoms with Crippen LogP contribution in [0.15, 0.2) is 18.2 Å². The molecule has 13 heavy (non-hydrogen) atoms. The van der Waals surface area contributed by atoms with Gasteiger partial charge in [-0.3, -0.25) is 0 Å². The van der Waals surface area contributed by atoms with Crippen LogP contribution in [-0.4, -0.2) is 5.78 Å². The van der Waals surface area contributed by atoms with Crippen LogP contribution < -0.4 is 0 Å². The van der Waals surface area contributed by atoms with Crippen molar-refractivity contribution < 1.29 is 4.79 Å². The minimum atomic E-state index is 0.231. The lowest BCUT2D eigenvalue weighted by atomic mass is 10.0. The molecule has 1 nitrogen and oxygen atoms in total. The summed E-state index contributed by atoms with van der Waals surface area (Å²) in [7, 11) is 0. The van der Waals surface area contributed by atoms with Crippen molar-refractivity contribution >= 4 is 17.4 Å². The van der Waals surface area contributed by atoms with Crippen LogP contribution in [0, 0.1) is 6.92 Å². The molecule has 0 amide bonds. The number of benzene rings is 1. The second-order valence-corrected chi connectivity index (χ2v) is 3.71. The van der Waals surface area contributed by atoms with Gasteiger partial charge in [0.25, 0.3) is 0 Å². The maximum Gasteiger partial charge on any atom is 0.130 e. The zero-order valence-electron chi connectivity index (χ0n) is 7.93. The summed E-state index contributed by atoms with van der Waals surface area (Å²) in [6.45, 7) is 3.63. The predicted octanol–water partition coefficient (Wildman–Crippen LogP) is 3.17. The van der Waals surface area contributed by atoms with Crippen LogP contribution in [0.1, 0.15) is 24.5 Å². The van der Waals surface area contributed by atoms with Gasteiger partial charge in [-0.2, -0.15) is 0 Å². The van der Waals surface area contributed by atoms with E-state index in [0.29, 0.717) is 6.42 Å². The number of rotatable bonds is 3. The van der Waals surface area contributed by atoms with E-state index in [1.165, 1.54) is 5.56 Å². The molecule has 0 radical (unpaired) electrons. The number of carbonyl (C=O) groups is 1. The molecule has 0 aliphatic rings. The van der Waals surface area contributed by atoms with Crippen LogP contribution in [0.3, 0.4) is 0 Å². The molecule has 0 atom stereocenters. The second-order valence-electron chi connectivity index (χ2n) is 3.27. The standard InChI is InChI=1S/C11H13ClO/c1-8-7-11(12)6-5-10(8)4-3-9(2)13/h5-7H,3-4H2,1-2H3. The SMILES string of the molecule is CC(=O)CCc1ccc(Cl)cc1C. The number of halogens is 1. The van der Waals surface area contributed by atoms with Crippen molar-refractivity contribution in [1.82, 2.24) is 0 Å². The van der Waals surface area contributed by atoms with Crippen LogP contribution in [0.25, 0.3) is 0 Å². The number of hydrogen-bond donors (Lipinski definition) is 0. The average molecular weight is 197 g/mol. The summed E-state index contributed by atoms with van der Waals surface area (Å²) in [4.78, 5) is 10.8. The molecule has 0 saturated heterocycles. The van der Waals surface area contributed by atoms with Gasteiger partial charge in [0.2, 0.25) is 0 Å². The molecule has 0 unspecified atom stereocenters. The van der Waals surface area contributed by atoms with Crippen LogP contribution in [0.5, 0.6) is 0 Å². The summed E-state index contributed by atoms with van der Waals surface area (Å²) in [5, 5.41) is 0.754. The van der Waals surface area contributed by atoms with E-state index < -0.39 is 0 Å². The largest absolute Gasteiger partial charge is 0.300 e. The van der Waals surface area contributed by atoms with Gasteiger partial charge in [0.15, 0.2) is 0 Å². The highest BCUT2D eigenvalue weighted by atomic mass is 35.5. The topological polar surface area (TPSA) is 17.1 Å². The van der Waals surface area contributed by atoms with Gasteiger partial charge in [0.05, 0.1) is 0 Å². The number of carbonyl (C=O) groups excluding carboxylic acids is 1. The first-order chi connectivity index (χ1) is 6.09. The lowest BCUT2D eigenvalue weighted by molar-refractivity contribution is -0.116. The number of ketones is 1. The van der Waals surface area contributed by atoms with Crippen molar-refractivity contribution in [3.63, 3.8) is 0 Å². The predicted molar refractivity (Wildman–Crippen MR) is 55.2 cm³/mol. The molecular weight excluding hydrogens is 184 g/mol. The smallest absolute Gasteiger partial charge is 0.130 e. The van der Waals surface area contributed by atoms with Crippen LogP contribution in [0.2, 0.25) is 5.02 Å². The Morgan fingerprint density at radius 1 is 1.46 bits per heavy atom. The van der Waals surface area contributed by atoms with Gasteiger partial charge >= 0.3 is 0 Å². The molecule has 0 fully saturated rings. The first-order valence-corrected chi connectivity index (χ1v) is 4.72. The molecule has 1 aromatic carbocycles. The summed E-state index contributed by atoms with van der Waals surface area (Å²) < 4.78 is 0. The Balaban J connectivity index is 2.72. The number of aryl methyl sites for hydroxylation is 2. The minimum Gasteiger partial charge on any atom is -0.300 e. The van der Waals surface area contributed by atoms with Crippen LogP contribution in [-0.2, 0) is 11.2 Å². The fourth-order valence-electron chi connectivity index (χ4n) is 1.25. The summed E-state index contributed by atoms with van der Waals surface area (Å²) in [6.07, 6.45) is 1.43. The summed E-state index contributed by atoms with van der Waals surface area (Å²) in [5.74, 6) is 0.231. The Bertz CT molecular complexity index is 318. The van der Waals surface area contributed by atoms with Crippen LogP contribution in [0.4, 0.5) is 0 Å². The Morgan fingerprint density at radius 2 is 2.15 bits per heavy atom.